The lowest BCUT2D eigenvalue weighted by Crippen LogP contribution is -2.05. The smallest absolute Gasteiger partial charge is 0.307 e. The molecule has 0 unspecified atom stereocenters. The summed E-state index contributed by atoms with van der Waals surface area (Å²) >= 11 is 3.34. The van der Waals surface area contributed by atoms with Crippen molar-refractivity contribution in [1.29, 1.82) is 0 Å². The van der Waals surface area contributed by atoms with Crippen LogP contribution in [0.15, 0.2) is 16.6 Å². The first kappa shape index (κ1) is 12.0. The van der Waals surface area contributed by atoms with Crippen LogP contribution in [0.1, 0.15) is 18.1 Å². The summed E-state index contributed by atoms with van der Waals surface area (Å²) in [6.07, 6.45) is -0.0182. The van der Waals surface area contributed by atoms with Gasteiger partial charge in [0.05, 0.1) is 13.0 Å². The van der Waals surface area contributed by atoms with Crippen LogP contribution in [0, 0.1) is 6.92 Å². The van der Waals surface area contributed by atoms with E-state index < -0.39 is 5.97 Å². The molecule has 82 valence electrons. The lowest BCUT2D eigenvalue weighted by atomic mass is 10.1. The summed E-state index contributed by atoms with van der Waals surface area (Å²) in [7, 11) is 0. The molecule has 1 aromatic carbocycles. The van der Waals surface area contributed by atoms with Crippen LogP contribution >= 0.6 is 15.9 Å². The summed E-state index contributed by atoms with van der Waals surface area (Å²) in [5.74, 6) is -0.170. The van der Waals surface area contributed by atoms with Gasteiger partial charge in [-0.05, 0) is 31.5 Å². The molecule has 0 spiro atoms. The number of hydrogen-bond donors (Lipinski definition) is 1. The molecule has 3 nitrogen and oxygen atoms in total. The summed E-state index contributed by atoms with van der Waals surface area (Å²) in [5, 5.41) is 8.77. The molecule has 15 heavy (non-hydrogen) atoms. The number of halogens is 1. The van der Waals surface area contributed by atoms with Crippen LogP contribution in [-0.2, 0) is 11.2 Å². The highest BCUT2D eigenvalue weighted by Gasteiger charge is 2.11. The van der Waals surface area contributed by atoms with Gasteiger partial charge >= 0.3 is 5.97 Å². The van der Waals surface area contributed by atoms with E-state index in [1.54, 1.807) is 6.07 Å². The molecule has 0 heterocycles. The van der Waals surface area contributed by atoms with Gasteiger partial charge in [-0.25, -0.2) is 0 Å². The molecule has 0 fully saturated rings. The van der Waals surface area contributed by atoms with Crippen molar-refractivity contribution in [2.75, 3.05) is 6.61 Å². The van der Waals surface area contributed by atoms with Crippen LogP contribution < -0.4 is 4.74 Å². The molecule has 0 aliphatic carbocycles. The third-order valence-electron chi connectivity index (χ3n) is 1.95. The minimum absolute atomic E-state index is 0.0182. The highest BCUT2D eigenvalue weighted by atomic mass is 79.9. The second kappa shape index (κ2) is 5.16. The Labute approximate surface area is 97.2 Å². The van der Waals surface area contributed by atoms with Crippen molar-refractivity contribution in [3.05, 3.63) is 27.7 Å². The lowest BCUT2D eigenvalue weighted by molar-refractivity contribution is -0.136. The van der Waals surface area contributed by atoms with Crippen LogP contribution in [0.25, 0.3) is 0 Å². The third-order valence-corrected chi connectivity index (χ3v) is 2.40. The van der Waals surface area contributed by atoms with E-state index in [1.165, 1.54) is 0 Å². The molecule has 0 saturated heterocycles. The van der Waals surface area contributed by atoms with Crippen molar-refractivity contribution in [3.63, 3.8) is 0 Å². The fourth-order valence-electron chi connectivity index (χ4n) is 1.44. The molecule has 0 atom stereocenters. The van der Waals surface area contributed by atoms with Gasteiger partial charge in [0, 0.05) is 10.0 Å². The minimum atomic E-state index is -0.853. The number of ether oxygens (including phenoxy) is 1. The SMILES string of the molecule is CCOc1c(C)cc(Br)cc1CC(=O)O. The maximum atomic E-state index is 10.7. The zero-order chi connectivity index (χ0) is 11.4. The quantitative estimate of drug-likeness (QED) is 0.917. The fraction of sp³-hybridized carbons (Fsp3) is 0.364. The van der Waals surface area contributed by atoms with Gasteiger partial charge < -0.3 is 9.84 Å². The van der Waals surface area contributed by atoms with Crippen molar-refractivity contribution in [2.24, 2.45) is 0 Å². The number of rotatable bonds is 4. The van der Waals surface area contributed by atoms with Crippen molar-refractivity contribution in [2.45, 2.75) is 20.3 Å². The van der Waals surface area contributed by atoms with Gasteiger partial charge in [-0.1, -0.05) is 15.9 Å². The summed E-state index contributed by atoms with van der Waals surface area (Å²) in [6, 6.07) is 3.70. The van der Waals surface area contributed by atoms with E-state index in [0.717, 1.165) is 10.0 Å². The number of aryl methyl sites for hydroxylation is 1. The Morgan fingerprint density at radius 1 is 1.53 bits per heavy atom. The maximum absolute atomic E-state index is 10.7. The molecule has 0 aliphatic rings. The fourth-order valence-corrected chi connectivity index (χ4v) is 2.06. The van der Waals surface area contributed by atoms with E-state index in [9.17, 15) is 4.79 Å². The molecular formula is C11H13BrO3. The Morgan fingerprint density at radius 3 is 2.73 bits per heavy atom. The monoisotopic (exact) mass is 272 g/mol. The Balaban J connectivity index is 3.13. The molecule has 1 rings (SSSR count). The van der Waals surface area contributed by atoms with Crippen molar-refractivity contribution < 1.29 is 14.6 Å². The highest BCUT2D eigenvalue weighted by molar-refractivity contribution is 9.10. The van der Waals surface area contributed by atoms with Crippen LogP contribution in [0.3, 0.4) is 0 Å². The first-order valence-electron chi connectivity index (χ1n) is 4.68. The average Bonchev–Trinajstić information content (AvgIpc) is 2.10. The number of benzene rings is 1. The zero-order valence-corrected chi connectivity index (χ0v) is 10.3. The van der Waals surface area contributed by atoms with E-state index in [2.05, 4.69) is 15.9 Å². The van der Waals surface area contributed by atoms with Crippen molar-refractivity contribution in [3.8, 4) is 5.75 Å². The standard InChI is InChI=1S/C11H13BrO3/c1-3-15-11-7(2)4-9(12)5-8(11)6-10(13)14/h4-5H,3,6H2,1-2H3,(H,13,14). The van der Waals surface area contributed by atoms with Gasteiger partial charge in [0.2, 0.25) is 0 Å². The Hall–Kier alpha value is -1.03. The van der Waals surface area contributed by atoms with Gasteiger partial charge in [-0.2, -0.15) is 0 Å². The molecule has 0 saturated carbocycles. The Morgan fingerprint density at radius 2 is 2.20 bits per heavy atom. The van der Waals surface area contributed by atoms with E-state index in [4.69, 9.17) is 9.84 Å². The van der Waals surface area contributed by atoms with Crippen LogP contribution in [-0.4, -0.2) is 17.7 Å². The number of aliphatic carboxylic acids is 1. The highest BCUT2D eigenvalue weighted by Crippen LogP contribution is 2.28. The largest absolute Gasteiger partial charge is 0.493 e. The van der Waals surface area contributed by atoms with E-state index >= 15 is 0 Å². The molecule has 0 amide bonds. The molecule has 0 radical (unpaired) electrons. The normalized spacial score (nSPS) is 10.1. The third kappa shape index (κ3) is 3.23. The summed E-state index contributed by atoms with van der Waals surface area (Å²) < 4.78 is 6.31. The zero-order valence-electron chi connectivity index (χ0n) is 8.71. The van der Waals surface area contributed by atoms with Crippen LogP contribution in [0.2, 0.25) is 0 Å². The van der Waals surface area contributed by atoms with Crippen molar-refractivity contribution >= 4 is 21.9 Å². The van der Waals surface area contributed by atoms with Crippen molar-refractivity contribution in [1.82, 2.24) is 0 Å². The summed E-state index contributed by atoms with van der Waals surface area (Å²) in [6.45, 7) is 4.32. The van der Waals surface area contributed by atoms with E-state index in [-0.39, 0.29) is 6.42 Å². The van der Waals surface area contributed by atoms with Crippen LogP contribution in [0.4, 0.5) is 0 Å². The second-order valence-corrected chi connectivity index (χ2v) is 4.13. The van der Waals surface area contributed by atoms with Gasteiger partial charge in [-0.3, -0.25) is 4.79 Å². The predicted octanol–water partition coefficient (Wildman–Crippen LogP) is 2.78. The average molecular weight is 273 g/mol. The molecule has 1 aromatic rings. The molecule has 0 aliphatic heterocycles. The number of carbonyl (C=O) groups is 1. The number of carboxylic acids is 1. The Bertz CT molecular complexity index is 374. The van der Waals surface area contributed by atoms with Gasteiger partial charge in [0.25, 0.3) is 0 Å². The molecular weight excluding hydrogens is 260 g/mol. The topological polar surface area (TPSA) is 46.5 Å². The first-order chi connectivity index (χ1) is 7.04. The predicted molar refractivity (Wildman–Crippen MR) is 61.4 cm³/mol. The Kier molecular flexibility index (Phi) is 4.15. The van der Waals surface area contributed by atoms with Gasteiger partial charge in [0.15, 0.2) is 0 Å². The minimum Gasteiger partial charge on any atom is -0.493 e. The summed E-state index contributed by atoms with van der Waals surface area (Å²) in [5.41, 5.74) is 1.65. The molecule has 0 bridgehead atoms. The second-order valence-electron chi connectivity index (χ2n) is 3.21. The maximum Gasteiger partial charge on any atom is 0.307 e. The van der Waals surface area contributed by atoms with Crippen LogP contribution in [0.5, 0.6) is 5.75 Å². The van der Waals surface area contributed by atoms with E-state index in [0.29, 0.717) is 17.9 Å². The van der Waals surface area contributed by atoms with Gasteiger partial charge in [0.1, 0.15) is 5.75 Å². The number of hydrogen-bond acceptors (Lipinski definition) is 2. The summed E-state index contributed by atoms with van der Waals surface area (Å²) in [4.78, 5) is 10.7. The molecule has 1 N–H and O–H groups in total. The first-order valence-corrected chi connectivity index (χ1v) is 5.47. The van der Waals surface area contributed by atoms with Gasteiger partial charge in [-0.15, -0.1) is 0 Å². The van der Waals surface area contributed by atoms with E-state index in [1.807, 2.05) is 19.9 Å². The lowest BCUT2D eigenvalue weighted by Gasteiger charge is -2.12. The number of carboxylic acid groups (broad SMARTS) is 1. The molecule has 0 aromatic heterocycles. The molecule has 4 heteroatoms.